The molecular formula is C13H7ClN2O4. The second kappa shape index (κ2) is 4.50. The molecule has 20 heavy (non-hydrogen) atoms. The van der Waals surface area contributed by atoms with Crippen molar-refractivity contribution in [3.63, 3.8) is 0 Å². The Bertz CT molecular complexity index is 751. The van der Waals surface area contributed by atoms with Gasteiger partial charge in [-0.1, -0.05) is 0 Å². The topological polar surface area (TPSA) is 88.4 Å². The van der Waals surface area contributed by atoms with Gasteiger partial charge in [-0.15, -0.1) is 0 Å². The summed E-state index contributed by atoms with van der Waals surface area (Å²) in [5.74, 6) is -1.39. The van der Waals surface area contributed by atoms with Crippen LogP contribution in [0.15, 0.2) is 34.9 Å². The van der Waals surface area contributed by atoms with Crippen molar-refractivity contribution in [3.05, 3.63) is 52.4 Å². The van der Waals surface area contributed by atoms with Crippen LogP contribution in [0.5, 0.6) is 0 Å². The summed E-state index contributed by atoms with van der Waals surface area (Å²) in [5.41, 5.74) is 1.09. The first kappa shape index (κ1) is 12.4. The zero-order valence-corrected chi connectivity index (χ0v) is 10.7. The molecule has 1 aromatic carbocycles. The van der Waals surface area contributed by atoms with Crippen molar-refractivity contribution in [2.75, 3.05) is 5.32 Å². The molecule has 2 aromatic rings. The van der Waals surface area contributed by atoms with E-state index in [2.05, 4.69) is 10.6 Å². The van der Waals surface area contributed by atoms with E-state index in [1.165, 1.54) is 30.5 Å². The number of amides is 3. The number of rotatable bonds is 2. The number of fused-ring (bicyclic) bond motifs is 1. The first-order chi connectivity index (χ1) is 9.56. The molecule has 2 N–H and O–H groups in total. The highest BCUT2D eigenvalue weighted by molar-refractivity contribution is 6.32. The van der Waals surface area contributed by atoms with Crippen molar-refractivity contribution in [3.8, 4) is 0 Å². The maximum absolute atomic E-state index is 11.9. The predicted molar refractivity (Wildman–Crippen MR) is 69.9 cm³/mol. The summed E-state index contributed by atoms with van der Waals surface area (Å²) in [4.78, 5) is 34.8. The van der Waals surface area contributed by atoms with Crippen LogP contribution < -0.4 is 10.6 Å². The average molecular weight is 291 g/mol. The van der Waals surface area contributed by atoms with Gasteiger partial charge in [-0.05, 0) is 35.9 Å². The smallest absolute Gasteiger partial charge is 0.260 e. The quantitative estimate of drug-likeness (QED) is 0.829. The Morgan fingerprint density at radius 2 is 1.90 bits per heavy atom. The molecule has 0 atom stereocenters. The molecule has 100 valence electrons. The van der Waals surface area contributed by atoms with Crippen LogP contribution in [-0.2, 0) is 0 Å². The molecule has 6 nitrogen and oxygen atoms in total. The SMILES string of the molecule is O=C1NC(=O)c2cc(NC(=O)c3ccoc3Cl)ccc21. The molecule has 1 aliphatic heterocycles. The maximum atomic E-state index is 11.9. The summed E-state index contributed by atoms with van der Waals surface area (Å²) in [6, 6.07) is 5.87. The summed E-state index contributed by atoms with van der Waals surface area (Å²) < 4.78 is 4.82. The fourth-order valence-corrected chi connectivity index (χ4v) is 2.10. The van der Waals surface area contributed by atoms with Gasteiger partial charge in [-0.2, -0.15) is 0 Å². The van der Waals surface area contributed by atoms with E-state index in [1.54, 1.807) is 0 Å². The molecule has 0 bridgehead atoms. The lowest BCUT2D eigenvalue weighted by Crippen LogP contribution is -2.19. The van der Waals surface area contributed by atoms with E-state index in [0.29, 0.717) is 5.69 Å². The van der Waals surface area contributed by atoms with Crippen molar-refractivity contribution in [1.82, 2.24) is 5.32 Å². The molecule has 3 amide bonds. The van der Waals surface area contributed by atoms with Gasteiger partial charge >= 0.3 is 0 Å². The van der Waals surface area contributed by atoms with E-state index in [1.807, 2.05) is 0 Å². The molecule has 0 fully saturated rings. The number of halogens is 1. The van der Waals surface area contributed by atoms with Crippen LogP contribution in [0.25, 0.3) is 0 Å². The van der Waals surface area contributed by atoms with Crippen LogP contribution in [-0.4, -0.2) is 17.7 Å². The summed E-state index contributed by atoms with van der Waals surface area (Å²) in [6.07, 6.45) is 1.30. The molecule has 0 aliphatic carbocycles. The van der Waals surface area contributed by atoms with E-state index < -0.39 is 17.7 Å². The average Bonchev–Trinajstić information content (AvgIpc) is 2.95. The zero-order chi connectivity index (χ0) is 14.3. The van der Waals surface area contributed by atoms with Crippen LogP contribution in [0.2, 0.25) is 5.22 Å². The minimum atomic E-state index is -0.484. The van der Waals surface area contributed by atoms with Gasteiger partial charge in [0.2, 0.25) is 5.22 Å². The first-order valence-electron chi connectivity index (χ1n) is 5.60. The molecule has 0 unspecified atom stereocenters. The van der Waals surface area contributed by atoms with Gasteiger partial charge in [0, 0.05) is 5.69 Å². The molecule has 3 rings (SSSR count). The van der Waals surface area contributed by atoms with Gasteiger partial charge in [-0.3, -0.25) is 19.7 Å². The van der Waals surface area contributed by atoms with Crippen molar-refractivity contribution in [1.29, 1.82) is 0 Å². The number of benzene rings is 1. The molecule has 1 aliphatic rings. The van der Waals surface area contributed by atoms with Crippen molar-refractivity contribution in [2.24, 2.45) is 0 Å². The Labute approximate surface area is 117 Å². The zero-order valence-electron chi connectivity index (χ0n) is 9.90. The third-order valence-electron chi connectivity index (χ3n) is 2.86. The minimum absolute atomic E-state index is 0.0171. The van der Waals surface area contributed by atoms with Crippen LogP contribution in [0.1, 0.15) is 31.1 Å². The molecule has 2 heterocycles. The lowest BCUT2D eigenvalue weighted by molar-refractivity contribution is 0.0878. The predicted octanol–water partition coefficient (Wildman–Crippen LogP) is 2.07. The number of imide groups is 1. The molecule has 0 spiro atoms. The largest absolute Gasteiger partial charge is 0.452 e. The summed E-state index contributed by atoms with van der Waals surface area (Å²) in [6.45, 7) is 0. The summed E-state index contributed by atoms with van der Waals surface area (Å²) >= 11 is 5.70. The minimum Gasteiger partial charge on any atom is -0.452 e. The van der Waals surface area contributed by atoms with Gasteiger partial charge in [-0.25, -0.2) is 0 Å². The van der Waals surface area contributed by atoms with E-state index in [-0.39, 0.29) is 21.9 Å². The highest BCUT2D eigenvalue weighted by atomic mass is 35.5. The third kappa shape index (κ3) is 1.96. The van der Waals surface area contributed by atoms with Crippen LogP contribution >= 0.6 is 11.6 Å². The fraction of sp³-hybridized carbons (Fsp3) is 0. The van der Waals surface area contributed by atoms with Gasteiger partial charge in [0.25, 0.3) is 17.7 Å². The number of hydrogen-bond donors (Lipinski definition) is 2. The van der Waals surface area contributed by atoms with Crippen molar-refractivity contribution < 1.29 is 18.8 Å². The fourth-order valence-electron chi connectivity index (χ4n) is 1.90. The van der Waals surface area contributed by atoms with Crippen molar-refractivity contribution in [2.45, 2.75) is 0 Å². The van der Waals surface area contributed by atoms with Crippen LogP contribution in [0.4, 0.5) is 5.69 Å². The van der Waals surface area contributed by atoms with E-state index in [4.69, 9.17) is 16.0 Å². The van der Waals surface area contributed by atoms with Gasteiger partial charge < -0.3 is 9.73 Å². The Morgan fingerprint density at radius 3 is 2.60 bits per heavy atom. The van der Waals surface area contributed by atoms with Crippen molar-refractivity contribution >= 4 is 35.0 Å². The molecule has 7 heteroatoms. The van der Waals surface area contributed by atoms with Crippen LogP contribution in [0.3, 0.4) is 0 Å². The molecule has 0 radical (unpaired) electrons. The number of anilines is 1. The second-order valence-electron chi connectivity index (χ2n) is 4.11. The third-order valence-corrected chi connectivity index (χ3v) is 3.15. The van der Waals surface area contributed by atoms with E-state index in [9.17, 15) is 14.4 Å². The van der Waals surface area contributed by atoms with Gasteiger partial charge in [0.05, 0.1) is 23.0 Å². The molecule has 0 saturated carbocycles. The Kier molecular flexibility index (Phi) is 2.80. The molecule has 0 saturated heterocycles. The Hall–Kier alpha value is -2.60. The number of carbonyl (C=O) groups is 3. The lowest BCUT2D eigenvalue weighted by atomic mass is 10.1. The highest BCUT2D eigenvalue weighted by Crippen LogP contribution is 2.22. The van der Waals surface area contributed by atoms with E-state index >= 15 is 0 Å². The second-order valence-corrected chi connectivity index (χ2v) is 4.45. The maximum Gasteiger partial charge on any atom is 0.260 e. The number of nitrogens with one attached hydrogen (secondary N) is 2. The number of carbonyl (C=O) groups excluding carboxylic acids is 3. The van der Waals surface area contributed by atoms with Gasteiger partial charge in [0.1, 0.15) is 0 Å². The highest BCUT2D eigenvalue weighted by Gasteiger charge is 2.27. The first-order valence-corrected chi connectivity index (χ1v) is 5.98. The number of hydrogen-bond acceptors (Lipinski definition) is 4. The summed E-state index contributed by atoms with van der Waals surface area (Å²) in [5, 5.41) is 4.73. The Morgan fingerprint density at radius 1 is 1.15 bits per heavy atom. The monoisotopic (exact) mass is 290 g/mol. The normalized spacial score (nSPS) is 13.1. The van der Waals surface area contributed by atoms with E-state index in [0.717, 1.165) is 0 Å². The van der Waals surface area contributed by atoms with Gasteiger partial charge in [0.15, 0.2) is 0 Å². The molecule has 1 aromatic heterocycles. The standard InChI is InChI=1S/C13H7ClN2O4/c14-10-8(3-4-20-10)12(18)15-6-1-2-7-9(5-6)13(19)16-11(7)17/h1-5H,(H,15,18)(H,16,17,19). The summed E-state index contributed by atoms with van der Waals surface area (Å²) in [7, 11) is 0. The lowest BCUT2D eigenvalue weighted by Gasteiger charge is -2.05. The van der Waals surface area contributed by atoms with Crippen LogP contribution in [0, 0.1) is 0 Å². The molecular weight excluding hydrogens is 284 g/mol. The Balaban J connectivity index is 1.88. The number of furan rings is 1.